The highest BCUT2D eigenvalue weighted by molar-refractivity contribution is 5.91. The molecule has 2 aromatic carbocycles. The number of aryl methyl sites for hydroxylation is 1. The largest absolute Gasteiger partial charge is 0.491 e. The number of carbonyl (C=O) groups excluding carboxylic acids is 1. The van der Waals surface area contributed by atoms with Crippen LogP contribution in [0.25, 0.3) is 6.08 Å². The number of hydrogen-bond acceptors (Lipinski definition) is 2. The summed E-state index contributed by atoms with van der Waals surface area (Å²) in [6.45, 7) is 11.3. The van der Waals surface area contributed by atoms with Crippen molar-refractivity contribution in [2.45, 2.75) is 59.0 Å². The summed E-state index contributed by atoms with van der Waals surface area (Å²) in [6.07, 6.45) is 5.43. The number of rotatable bonds is 8. The van der Waals surface area contributed by atoms with E-state index < -0.39 is 0 Å². The summed E-state index contributed by atoms with van der Waals surface area (Å²) in [5.74, 6) is 0.841. The molecule has 0 aliphatic carbocycles. The molecule has 150 valence electrons. The van der Waals surface area contributed by atoms with Crippen molar-refractivity contribution in [3.05, 3.63) is 71.3 Å². The topological polar surface area (TPSA) is 38.3 Å². The van der Waals surface area contributed by atoms with Gasteiger partial charge in [-0.2, -0.15) is 0 Å². The molecular weight excluding hydrogens is 346 g/mol. The second-order valence-electron chi connectivity index (χ2n) is 8.41. The molecule has 0 bridgehead atoms. The van der Waals surface area contributed by atoms with Crippen LogP contribution in [0.3, 0.4) is 0 Å². The van der Waals surface area contributed by atoms with Crippen LogP contribution in [0.15, 0.2) is 54.6 Å². The van der Waals surface area contributed by atoms with E-state index in [0.717, 1.165) is 24.2 Å². The van der Waals surface area contributed by atoms with Gasteiger partial charge in [0.15, 0.2) is 0 Å². The lowest BCUT2D eigenvalue weighted by Gasteiger charge is -2.18. The average molecular weight is 380 g/mol. The fraction of sp³-hybridized carbons (Fsp3) is 0.400. The van der Waals surface area contributed by atoms with Crippen LogP contribution in [0.1, 0.15) is 57.7 Å². The lowest BCUT2D eigenvalue weighted by Crippen LogP contribution is -2.22. The van der Waals surface area contributed by atoms with E-state index in [4.69, 9.17) is 4.74 Å². The number of nitrogens with one attached hydrogen (secondary N) is 1. The summed E-state index contributed by atoms with van der Waals surface area (Å²) in [5, 5.41) is 2.95. The van der Waals surface area contributed by atoms with E-state index >= 15 is 0 Å². The van der Waals surface area contributed by atoms with Gasteiger partial charge in [0.2, 0.25) is 5.91 Å². The van der Waals surface area contributed by atoms with Crippen LogP contribution in [-0.4, -0.2) is 18.6 Å². The van der Waals surface area contributed by atoms with E-state index in [1.54, 1.807) is 6.08 Å². The van der Waals surface area contributed by atoms with Crippen molar-refractivity contribution in [3.8, 4) is 5.75 Å². The van der Waals surface area contributed by atoms with Gasteiger partial charge in [-0.1, -0.05) is 57.2 Å². The highest BCUT2D eigenvalue weighted by atomic mass is 16.5. The lowest BCUT2D eigenvalue weighted by atomic mass is 9.87. The van der Waals surface area contributed by atoms with Gasteiger partial charge in [0, 0.05) is 12.6 Å². The van der Waals surface area contributed by atoms with Crippen LogP contribution in [0, 0.1) is 0 Å². The first kappa shape index (κ1) is 21.7. The lowest BCUT2D eigenvalue weighted by molar-refractivity contribution is -0.116. The Morgan fingerprint density at radius 3 is 2.46 bits per heavy atom. The third-order valence-corrected chi connectivity index (χ3v) is 4.42. The summed E-state index contributed by atoms with van der Waals surface area (Å²) in [4.78, 5) is 12.0. The third-order valence-electron chi connectivity index (χ3n) is 4.42. The molecule has 0 spiro atoms. The fourth-order valence-corrected chi connectivity index (χ4v) is 2.88. The summed E-state index contributed by atoms with van der Waals surface area (Å²) in [6, 6.07) is 16.5. The molecule has 0 saturated carbocycles. The van der Waals surface area contributed by atoms with E-state index in [2.05, 4.69) is 62.5 Å². The first-order valence-corrected chi connectivity index (χ1v) is 10.1. The van der Waals surface area contributed by atoms with E-state index in [-0.39, 0.29) is 17.4 Å². The molecule has 28 heavy (non-hydrogen) atoms. The minimum Gasteiger partial charge on any atom is -0.491 e. The molecule has 0 aliphatic rings. The van der Waals surface area contributed by atoms with Gasteiger partial charge in [-0.25, -0.2) is 0 Å². The Morgan fingerprint density at radius 1 is 1.11 bits per heavy atom. The molecule has 0 fully saturated rings. The smallest absolute Gasteiger partial charge is 0.243 e. The molecule has 0 heterocycles. The van der Waals surface area contributed by atoms with Crippen LogP contribution >= 0.6 is 0 Å². The molecule has 0 unspecified atom stereocenters. The summed E-state index contributed by atoms with van der Waals surface area (Å²) < 4.78 is 5.72. The number of hydrogen-bond donors (Lipinski definition) is 1. The molecule has 3 heteroatoms. The van der Waals surface area contributed by atoms with Crippen LogP contribution in [-0.2, 0) is 16.6 Å². The molecule has 3 nitrogen and oxygen atoms in total. The average Bonchev–Trinajstić information content (AvgIpc) is 2.63. The van der Waals surface area contributed by atoms with Gasteiger partial charge in [0.1, 0.15) is 5.75 Å². The van der Waals surface area contributed by atoms with Crippen LogP contribution < -0.4 is 10.1 Å². The van der Waals surface area contributed by atoms with Gasteiger partial charge in [-0.15, -0.1) is 0 Å². The molecule has 1 amide bonds. The van der Waals surface area contributed by atoms with E-state index in [9.17, 15) is 4.79 Å². The van der Waals surface area contributed by atoms with Crippen LogP contribution in [0.4, 0.5) is 0 Å². The van der Waals surface area contributed by atoms with Crippen LogP contribution in [0.5, 0.6) is 5.75 Å². The normalized spacial score (nSPS) is 11.8. The maximum absolute atomic E-state index is 12.0. The molecule has 0 radical (unpaired) electrons. The third kappa shape index (κ3) is 7.59. The molecule has 2 rings (SSSR count). The zero-order valence-electron chi connectivity index (χ0n) is 17.8. The summed E-state index contributed by atoms with van der Waals surface area (Å²) in [7, 11) is 0. The highest BCUT2D eigenvalue weighted by Gasteiger charge is 2.12. The predicted octanol–water partition coefficient (Wildman–Crippen LogP) is 5.53. The molecule has 0 aliphatic heterocycles. The van der Waals surface area contributed by atoms with Crippen LogP contribution in [0.2, 0.25) is 0 Å². The predicted molar refractivity (Wildman–Crippen MR) is 118 cm³/mol. The molecule has 0 aromatic heterocycles. The number of carbonyl (C=O) groups is 1. The Hall–Kier alpha value is -2.55. The monoisotopic (exact) mass is 379 g/mol. The van der Waals surface area contributed by atoms with Gasteiger partial charge < -0.3 is 10.1 Å². The Kier molecular flexibility index (Phi) is 7.86. The second kappa shape index (κ2) is 10.1. The Bertz CT molecular complexity index is 783. The summed E-state index contributed by atoms with van der Waals surface area (Å²) >= 11 is 0. The van der Waals surface area contributed by atoms with Crippen molar-refractivity contribution in [1.29, 1.82) is 0 Å². The number of ether oxygens (including phenoxy) is 1. The van der Waals surface area contributed by atoms with E-state index in [1.165, 1.54) is 11.1 Å². The van der Waals surface area contributed by atoms with Crippen molar-refractivity contribution in [2.24, 2.45) is 0 Å². The standard InChI is InChI=1S/C25H33NO2/c1-19(2)28-23-10-6-8-21(18-23)9-7-17-26-24(27)16-13-20-11-14-22(15-12-20)25(3,4)5/h6,8,10-16,18-19H,7,9,17H2,1-5H3,(H,26,27)/b16-13+. The SMILES string of the molecule is CC(C)Oc1cccc(CCCNC(=O)/C=C/c2ccc(C(C)(C)C)cc2)c1. The first-order chi connectivity index (χ1) is 13.2. The van der Waals surface area contributed by atoms with Crippen molar-refractivity contribution in [3.63, 3.8) is 0 Å². The van der Waals surface area contributed by atoms with Gasteiger partial charge >= 0.3 is 0 Å². The Labute approximate surface area is 169 Å². The summed E-state index contributed by atoms with van der Waals surface area (Å²) in [5.41, 5.74) is 3.68. The molecule has 1 N–H and O–H groups in total. The minimum atomic E-state index is -0.0585. The minimum absolute atomic E-state index is 0.0585. The molecule has 0 atom stereocenters. The van der Waals surface area contributed by atoms with Gasteiger partial charge in [0.05, 0.1) is 6.10 Å². The fourth-order valence-electron chi connectivity index (χ4n) is 2.88. The molecule has 2 aromatic rings. The molecule has 0 saturated heterocycles. The highest BCUT2D eigenvalue weighted by Crippen LogP contribution is 2.22. The number of amides is 1. The second-order valence-corrected chi connectivity index (χ2v) is 8.41. The van der Waals surface area contributed by atoms with E-state index in [0.29, 0.717) is 6.54 Å². The quantitative estimate of drug-likeness (QED) is 0.483. The van der Waals surface area contributed by atoms with Crippen molar-refractivity contribution in [2.75, 3.05) is 6.54 Å². The van der Waals surface area contributed by atoms with Gasteiger partial charge in [-0.3, -0.25) is 4.79 Å². The van der Waals surface area contributed by atoms with Gasteiger partial charge in [0.25, 0.3) is 0 Å². The zero-order valence-corrected chi connectivity index (χ0v) is 17.8. The van der Waals surface area contributed by atoms with Crippen molar-refractivity contribution >= 4 is 12.0 Å². The zero-order chi connectivity index (χ0) is 20.6. The maximum atomic E-state index is 12.0. The van der Waals surface area contributed by atoms with Gasteiger partial charge in [-0.05, 0) is 67.0 Å². The first-order valence-electron chi connectivity index (χ1n) is 10.1. The molecular formula is C25H33NO2. The van der Waals surface area contributed by atoms with E-state index in [1.807, 2.05) is 32.1 Å². The Morgan fingerprint density at radius 2 is 1.82 bits per heavy atom. The van der Waals surface area contributed by atoms with Crippen molar-refractivity contribution < 1.29 is 9.53 Å². The number of benzene rings is 2. The maximum Gasteiger partial charge on any atom is 0.243 e. The Balaban J connectivity index is 1.75. The van der Waals surface area contributed by atoms with Crippen molar-refractivity contribution in [1.82, 2.24) is 5.32 Å².